The van der Waals surface area contributed by atoms with Gasteiger partial charge in [0, 0.05) is 0 Å². The van der Waals surface area contributed by atoms with Crippen LogP contribution in [0.2, 0.25) is 0 Å². The van der Waals surface area contributed by atoms with Crippen molar-refractivity contribution in [3.8, 4) is 5.75 Å². The Morgan fingerprint density at radius 2 is 1.89 bits per heavy atom. The summed E-state index contributed by atoms with van der Waals surface area (Å²) in [5, 5.41) is 0. The molecule has 98 valence electrons. The third-order valence-electron chi connectivity index (χ3n) is 2.78. The van der Waals surface area contributed by atoms with Gasteiger partial charge in [0.2, 0.25) is 0 Å². The smallest absolute Gasteiger partial charge is 0.147 e. The van der Waals surface area contributed by atoms with E-state index in [2.05, 4.69) is 56.7 Å². The van der Waals surface area contributed by atoms with Crippen LogP contribution in [0.5, 0.6) is 5.75 Å². The monoisotopic (exact) mass is 428 g/mol. The van der Waals surface area contributed by atoms with E-state index in [4.69, 9.17) is 4.74 Å². The summed E-state index contributed by atoms with van der Waals surface area (Å²) in [4.78, 5) is 0. The van der Waals surface area contributed by atoms with Crippen LogP contribution in [0.15, 0.2) is 59.1 Å². The molecule has 0 spiro atoms. The van der Waals surface area contributed by atoms with E-state index >= 15 is 0 Å². The van der Waals surface area contributed by atoms with Gasteiger partial charge in [-0.25, -0.2) is 0 Å². The van der Waals surface area contributed by atoms with Crippen LogP contribution >= 0.6 is 38.5 Å². The van der Waals surface area contributed by atoms with Crippen molar-refractivity contribution < 1.29 is 4.74 Å². The van der Waals surface area contributed by atoms with Crippen molar-refractivity contribution in [1.82, 2.24) is 0 Å². The minimum absolute atomic E-state index is 0.569. The average molecular weight is 429 g/mol. The van der Waals surface area contributed by atoms with Gasteiger partial charge in [0.1, 0.15) is 12.4 Å². The van der Waals surface area contributed by atoms with Gasteiger partial charge in [-0.15, -0.1) is 0 Å². The molecule has 0 aliphatic heterocycles. The first kappa shape index (κ1) is 14.6. The molecule has 0 fully saturated rings. The third kappa shape index (κ3) is 3.83. The fraction of sp³-hybridized carbons (Fsp3) is 0.125. The SMILES string of the molecule is CC=C(COc1c(Br)cccc1I)c1ccccc1. The van der Waals surface area contributed by atoms with Gasteiger partial charge in [-0.1, -0.05) is 42.5 Å². The number of hydrogen-bond donors (Lipinski definition) is 0. The van der Waals surface area contributed by atoms with Crippen LogP contribution in [0.25, 0.3) is 5.57 Å². The van der Waals surface area contributed by atoms with Crippen molar-refractivity contribution in [2.75, 3.05) is 6.61 Å². The lowest BCUT2D eigenvalue weighted by Gasteiger charge is -2.12. The molecule has 0 aromatic heterocycles. The van der Waals surface area contributed by atoms with E-state index in [-0.39, 0.29) is 0 Å². The molecule has 0 aliphatic carbocycles. The Balaban J connectivity index is 2.14. The summed E-state index contributed by atoms with van der Waals surface area (Å²) in [6, 6.07) is 16.4. The number of allylic oxidation sites excluding steroid dienone is 1. The first-order chi connectivity index (χ1) is 9.22. The summed E-state index contributed by atoms with van der Waals surface area (Å²) in [6.07, 6.45) is 2.10. The molecule has 0 saturated heterocycles. The van der Waals surface area contributed by atoms with Crippen LogP contribution in [-0.2, 0) is 0 Å². The molecule has 0 unspecified atom stereocenters. The van der Waals surface area contributed by atoms with Gasteiger partial charge in [0.15, 0.2) is 0 Å². The van der Waals surface area contributed by atoms with Crippen molar-refractivity contribution in [3.05, 3.63) is 68.2 Å². The highest BCUT2D eigenvalue weighted by molar-refractivity contribution is 14.1. The maximum atomic E-state index is 5.95. The number of ether oxygens (including phenoxy) is 1. The number of halogens is 2. The van der Waals surface area contributed by atoms with E-state index in [1.807, 2.05) is 43.3 Å². The lowest BCUT2D eigenvalue weighted by atomic mass is 10.1. The van der Waals surface area contributed by atoms with E-state index in [1.54, 1.807) is 0 Å². The molecule has 2 rings (SSSR count). The van der Waals surface area contributed by atoms with E-state index in [0.717, 1.165) is 13.8 Å². The molecule has 0 N–H and O–H groups in total. The molecular formula is C16H14BrIO. The second-order valence-corrected chi connectivity index (χ2v) is 6.04. The highest BCUT2D eigenvalue weighted by Gasteiger charge is 2.07. The van der Waals surface area contributed by atoms with Gasteiger partial charge in [-0.3, -0.25) is 0 Å². The van der Waals surface area contributed by atoms with Crippen molar-refractivity contribution in [2.24, 2.45) is 0 Å². The normalized spacial score (nSPS) is 11.4. The zero-order chi connectivity index (χ0) is 13.7. The lowest BCUT2D eigenvalue weighted by Crippen LogP contribution is -2.02. The van der Waals surface area contributed by atoms with Crippen LogP contribution in [0.4, 0.5) is 0 Å². The third-order valence-corrected chi connectivity index (χ3v) is 4.26. The van der Waals surface area contributed by atoms with E-state index in [1.165, 1.54) is 11.1 Å². The molecular weight excluding hydrogens is 415 g/mol. The largest absolute Gasteiger partial charge is 0.487 e. The molecule has 0 saturated carbocycles. The van der Waals surface area contributed by atoms with Crippen molar-refractivity contribution in [1.29, 1.82) is 0 Å². The maximum Gasteiger partial charge on any atom is 0.147 e. The number of para-hydroxylation sites is 1. The Morgan fingerprint density at radius 3 is 2.53 bits per heavy atom. The predicted molar refractivity (Wildman–Crippen MR) is 92.4 cm³/mol. The minimum Gasteiger partial charge on any atom is -0.487 e. The highest BCUT2D eigenvalue weighted by atomic mass is 127. The second kappa shape index (κ2) is 7.10. The number of rotatable bonds is 4. The first-order valence-corrected chi connectivity index (χ1v) is 7.87. The van der Waals surface area contributed by atoms with E-state index in [0.29, 0.717) is 6.61 Å². The molecule has 0 atom stereocenters. The van der Waals surface area contributed by atoms with Gasteiger partial charge >= 0.3 is 0 Å². The molecule has 0 amide bonds. The fourth-order valence-electron chi connectivity index (χ4n) is 1.76. The van der Waals surface area contributed by atoms with Crippen molar-refractivity contribution >= 4 is 44.1 Å². The molecule has 2 aromatic carbocycles. The molecule has 0 bridgehead atoms. The summed E-state index contributed by atoms with van der Waals surface area (Å²) in [5.74, 6) is 0.901. The Bertz CT molecular complexity index is 558. The number of hydrogen-bond acceptors (Lipinski definition) is 1. The summed E-state index contributed by atoms with van der Waals surface area (Å²) in [6.45, 7) is 2.61. The van der Waals surface area contributed by atoms with Gasteiger partial charge < -0.3 is 4.74 Å². The average Bonchev–Trinajstić information content (AvgIpc) is 2.43. The van der Waals surface area contributed by atoms with E-state index < -0.39 is 0 Å². The van der Waals surface area contributed by atoms with E-state index in [9.17, 15) is 0 Å². The quantitative estimate of drug-likeness (QED) is 0.581. The van der Waals surface area contributed by atoms with Gasteiger partial charge in [-0.2, -0.15) is 0 Å². The number of benzene rings is 2. The van der Waals surface area contributed by atoms with Crippen molar-refractivity contribution in [3.63, 3.8) is 0 Å². The summed E-state index contributed by atoms with van der Waals surface area (Å²) in [7, 11) is 0. The zero-order valence-electron chi connectivity index (χ0n) is 10.6. The molecule has 2 aromatic rings. The second-order valence-electron chi connectivity index (χ2n) is 4.02. The Morgan fingerprint density at radius 1 is 1.16 bits per heavy atom. The summed E-state index contributed by atoms with van der Waals surface area (Å²) < 4.78 is 8.05. The van der Waals surface area contributed by atoms with Gasteiger partial charge in [0.25, 0.3) is 0 Å². The van der Waals surface area contributed by atoms with Crippen LogP contribution in [-0.4, -0.2) is 6.61 Å². The minimum atomic E-state index is 0.569. The van der Waals surface area contributed by atoms with Gasteiger partial charge in [-0.05, 0) is 68.7 Å². The lowest BCUT2D eigenvalue weighted by molar-refractivity contribution is 0.364. The predicted octanol–water partition coefficient (Wildman–Crippen LogP) is 5.54. The first-order valence-electron chi connectivity index (χ1n) is 6.00. The molecule has 1 nitrogen and oxygen atoms in total. The Labute approximate surface area is 136 Å². The topological polar surface area (TPSA) is 9.23 Å². The molecule has 3 heteroatoms. The van der Waals surface area contributed by atoms with Crippen LogP contribution in [0.1, 0.15) is 12.5 Å². The van der Waals surface area contributed by atoms with Crippen LogP contribution < -0.4 is 4.74 Å². The summed E-state index contributed by atoms with van der Waals surface area (Å²) >= 11 is 5.81. The van der Waals surface area contributed by atoms with Crippen molar-refractivity contribution in [2.45, 2.75) is 6.92 Å². The standard InChI is InChI=1S/C16H14BrIO/c1-2-12(13-7-4-3-5-8-13)11-19-16-14(17)9-6-10-15(16)18/h2-10H,11H2,1H3. The molecule has 19 heavy (non-hydrogen) atoms. The highest BCUT2D eigenvalue weighted by Crippen LogP contribution is 2.31. The zero-order valence-corrected chi connectivity index (χ0v) is 14.3. The molecule has 0 heterocycles. The Kier molecular flexibility index (Phi) is 5.45. The van der Waals surface area contributed by atoms with Crippen LogP contribution in [0, 0.1) is 3.57 Å². The fourth-order valence-corrected chi connectivity index (χ4v) is 3.26. The molecule has 0 radical (unpaired) electrons. The Hall–Kier alpha value is -0.810. The molecule has 0 aliphatic rings. The van der Waals surface area contributed by atoms with Crippen LogP contribution in [0.3, 0.4) is 0 Å². The summed E-state index contributed by atoms with van der Waals surface area (Å²) in [5.41, 5.74) is 2.39. The van der Waals surface area contributed by atoms with Gasteiger partial charge in [0.05, 0.1) is 8.04 Å². The maximum absolute atomic E-state index is 5.95.